The first-order valence-corrected chi connectivity index (χ1v) is 19.0. The highest BCUT2D eigenvalue weighted by atomic mass is 15.2. The maximum atomic E-state index is 3.99. The van der Waals surface area contributed by atoms with Crippen LogP contribution in [0.5, 0.6) is 0 Å². The summed E-state index contributed by atoms with van der Waals surface area (Å²) in [5, 5.41) is 4.57. The lowest BCUT2D eigenvalue weighted by molar-refractivity contribution is 1.29. The summed E-state index contributed by atoms with van der Waals surface area (Å²) in [6, 6.07) is 74.1. The Bertz CT molecular complexity index is 2520. The van der Waals surface area contributed by atoms with Gasteiger partial charge in [-0.3, -0.25) is 0 Å². The predicted molar refractivity (Wildman–Crippen MR) is 242 cm³/mol. The molecule has 0 amide bonds. The number of benzene rings is 9. The SMILES string of the molecule is C=Cc1ccc(-c2ccc3c(N(c4ccccc4)c4ccccc4)c4cc(-c5ccc(C=C)cc5)ccc4c(N(c4ccccc4)c4ccccc4)c3c2)cc1. The highest BCUT2D eigenvalue weighted by molar-refractivity contribution is 6.24. The molecule has 9 rings (SSSR count). The van der Waals surface area contributed by atoms with Gasteiger partial charge < -0.3 is 9.80 Å². The number of hydrogen-bond donors (Lipinski definition) is 0. The molecular weight excluding hydrogens is 677 g/mol. The molecule has 0 fully saturated rings. The van der Waals surface area contributed by atoms with Crippen LogP contribution in [0.1, 0.15) is 11.1 Å². The molecule has 266 valence electrons. The number of rotatable bonds is 10. The second-order valence-corrected chi connectivity index (χ2v) is 13.9. The predicted octanol–water partition coefficient (Wildman–Crippen LogP) is 15.6. The molecule has 0 N–H and O–H groups in total. The molecule has 0 aliphatic carbocycles. The van der Waals surface area contributed by atoms with Crippen molar-refractivity contribution >= 4 is 67.8 Å². The van der Waals surface area contributed by atoms with Crippen LogP contribution in [0.25, 0.3) is 56.0 Å². The standard InChI is InChI=1S/C54H40N2/c1-3-39-25-29-41(30-26-39)43-33-35-49-51(37-43)53(55(45-17-9-5-10-18-45)46-19-11-6-12-20-46)50-36-34-44(42-31-27-40(4-2)28-32-42)38-52(50)54(49)56(47-21-13-7-14-22-47)48-23-15-8-16-24-48/h3-38H,1-2H2. The van der Waals surface area contributed by atoms with Gasteiger partial charge in [0, 0.05) is 44.3 Å². The fourth-order valence-corrected chi connectivity index (χ4v) is 7.77. The fourth-order valence-electron chi connectivity index (χ4n) is 7.77. The Balaban J connectivity index is 1.46. The van der Waals surface area contributed by atoms with Crippen molar-refractivity contribution in [1.82, 2.24) is 0 Å². The minimum Gasteiger partial charge on any atom is -0.309 e. The molecule has 0 heterocycles. The normalized spacial score (nSPS) is 11.0. The third-order valence-corrected chi connectivity index (χ3v) is 10.5. The molecule has 0 atom stereocenters. The van der Waals surface area contributed by atoms with E-state index >= 15 is 0 Å². The Morgan fingerprint density at radius 2 is 0.571 bits per heavy atom. The van der Waals surface area contributed by atoms with Crippen LogP contribution in [0.2, 0.25) is 0 Å². The molecule has 0 aromatic heterocycles. The fraction of sp³-hybridized carbons (Fsp3) is 0. The largest absolute Gasteiger partial charge is 0.309 e. The number of anilines is 6. The van der Waals surface area contributed by atoms with Gasteiger partial charge in [0.1, 0.15) is 0 Å². The monoisotopic (exact) mass is 716 g/mol. The maximum Gasteiger partial charge on any atom is 0.0620 e. The van der Waals surface area contributed by atoms with Gasteiger partial charge in [0.15, 0.2) is 0 Å². The Labute approximate surface area is 329 Å². The molecule has 0 saturated heterocycles. The minimum atomic E-state index is 1.09. The Morgan fingerprint density at radius 3 is 0.857 bits per heavy atom. The summed E-state index contributed by atoms with van der Waals surface area (Å²) in [4.78, 5) is 4.85. The lowest BCUT2D eigenvalue weighted by atomic mass is 9.91. The van der Waals surface area contributed by atoms with Gasteiger partial charge in [-0.2, -0.15) is 0 Å². The van der Waals surface area contributed by atoms with Crippen LogP contribution in [0.15, 0.2) is 219 Å². The van der Waals surface area contributed by atoms with E-state index in [9.17, 15) is 0 Å². The highest BCUT2D eigenvalue weighted by Gasteiger charge is 2.26. The average Bonchev–Trinajstić information content (AvgIpc) is 3.28. The first-order valence-electron chi connectivity index (χ1n) is 19.0. The first kappa shape index (κ1) is 34.4. The minimum absolute atomic E-state index is 1.09. The van der Waals surface area contributed by atoms with Crippen LogP contribution >= 0.6 is 0 Å². The van der Waals surface area contributed by atoms with Crippen LogP contribution in [-0.4, -0.2) is 0 Å². The van der Waals surface area contributed by atoms with Crippen molar-refractivity contribution in [3.05, 3.63) is 231 Å². The lowest BCUT2D eigenvalue weighted by Crippen LogP contribution is -2.14. The van der Waals surface area contributed by atoms with Crippen LogP contribution < -0.4 is 9.80 Å². The van der Waals surface area contributed by atoms with E-state index in [1.54, 1.807) is 0 Å². The van der Waals surface area contributed by atoms with Crippen LogP contribution in [-0.2, 0) is 0 Å². The summed E-state index contributed by atoms with van der Waals surface area (Å²) in [7, 11) is 0. The van der Waals surface area contributed by atoms with Gasteiger partial charge in [-0.25, -0.2) is 0 Å². The van der Waals surface area contributed by atoms with E-state index in [0.29, 0.717) is 0 Å². The van der Waals surface area contributed by atoms with E-state index < -0.39 is 0 Å². The number of nitrogens with zero attached hydrogens (tertiary/aromatic N) is 2. The third-order valence-electron chi connectivity index (χ3n) is 10.5. The lowest BCUT2D eigenvalue weighted by Gasteiger charge is -2.33. The zero-order chi connectivity index (χ0) is 37.8. The smallest absolute Gasteiger partial charge is 0.0620 e. The molecule has 0 bridgehead atoms. The molecule has 0 spiro atoms. The van der Waals surface area contributed by atoms with Gasteiger partial charge >= 0.3 is 0 Å². The molecule has 9 aromatic carbocycles. The van der Waals surface area contributed by atoms with Crippen molar-refractivity contribution in [2.45, 2.75) is 0 Å². The average molecular weight is 717 g/mol. The summed E-state index contributed by atoms with van der Waals surface area (Å²) < 4.78 is 0. The molecule has 0 saturated carbocycles. The second-order valence-electron chi connectivity index (χ2n) is 13.9. The number of hydrogen-bond acceptors (Lipinski definition) is 2. The van der Waals surface area contributed by atoms with Crippen molar-refractivity contribution in [2.75, 3.05) is 9.80 Å². The van der Waals surface area contributed by atoms with E-state index in [4.69, 9.17) is 0 Å². The molecule has 0 radical (unpaired) electrons. The summed E-state index contributed by atoms with van der Waals surface area (Å²) in [5.41, 5.74) is 13.4. The number of para-hydroxylation sites is 4. The summed E-state index contributed by atoms with van der Waals surface area (Å²) >= 11 is 0. The van der Waals surface area contributed by atoms with E-state index in [0.717, 1.165) is 89.0 Å². The molecule has 56 heavy (non-hydrogen) atoms. The zero-order valence-electron chi connectivity index (χ0n) is 31.1. The second kappa shape index (κ2) is 15.1. The van der Waals surface area contributed by atoms with Gasteiger partial charge in [0.05, 0.1) is 11.4 Å². The molecule has 9 aromatic rings. The molecule has 2 heteroatoms. The van der Waals surface area contributed by atoms with Crippen molar-refractivity contribution < 1.29 is 0 Å². The van der Waals surface area contributed by atoms with E-state index in [2.05, 4.69) is 229 Å². The van der Waals surface area contributed by atoms with Crippen molar-refractivity contribution in [3.8, 4) is 22.3 Å². The van der Waals surface area contributed by atoms with Gasteiger partial charge in [-0.05, 0) is 94.0 Å². The Hall–Kier alpha value is -7.42. The first-order chi connectivity index (χ1) is 27.7. The van der Waals surface area contributed by atoms with E-state index in [1.165, 1.54) is 0 Å². The third kappa shape index (κ3) is 6.44. The van der Waals surface area contributed by atoms with E-state index in [1.807, 2.05) is 12.2 Å². The number of fused-ring (bicyclic) bond motifs is 2. The van der Waals surface area contributed by atoms with Gasteiger partial charge in [0.25, 0.3) is 0 Å². The maximum absolute atomic E-state index is 3.99. The van der Waals surface area contributed by atoms with Crippen molar-refractivity contribution in [3.63, 3.8) is 0 Å². The zero-order valence-corrected chi connectivity index (χ0v) is 31.1. The van der Waals surface area contributed by atoms with Gasteiger partial charge in [0.2, 0.25) is 0 Å². The molecule has 0 unspecified atom stereocenters. The molecule has 2 nitrogen and oxygen atoms in total. The topological polar surface area (TPSA) is 6.48 Å². The summed E-state index contributed by atoms with van der Waals surface area (Å²) in [6.07, 6.45) is 3.78. The molecule has 0 aliphatic rings. The van der Waals surface area contributed by atoms with Gasteiger partial charge in [-0.1, -0.05) is 171 Å². The molecule has 0 aliphatic heterocycles. The summed E-state index contributed by atoms with van der Waals surface area (Å²) in [5.74, 6) is 0. The van der Waals surface area contributed by atoms with Crippen molar-refractivity contribution in [1.29, 1.82) is 0 Å². The van der Waals surface area contributed by atoms with Gasteiger partial charge in [-0.15, -0.1) is 0 Å². The van der Waals surface area contributed by atoms with Crippen molar-refractivity contribution in [2.24, 2.45) is 0 Å². The highest BCUT2D eigenvalue weighted by Crippen LogP contribution is 2.52. The quantitative estimate of drug-likeness (QED) is 0.103. The van der Waals surface area contributed by atoms with Crippen LogP contribution in [0.3, 0.4) is 0 Å². The van der Waals surface area contributed by atoms with Crippen LogP contribution in [0, 0.1) is 0 Å². The van der Waals surface area contributed by atoms with E-state index in [-0.39, 0.29) is 0 Å². The Kier molecular flexibility index (Phi) is 9.29. The summed E-state index contributed by atoms with van der Waals surface area (Å²) in [6.45, 7) is 7.97. The van der Waals surface area contributed by atoms with Crippen LogP contribution in [0.4, 0.5) is 34.1 Å². The Morgan fingerprint density at radius 1 is 0.286 bits per heavy atom. The molecular formula is C54H40N2.